The third kappa shape index (κ3) is 5.91. The van der Waals surface area contributed by atoms with E-state index >= 15 is 0 Å². The van der Waals surface area contributed by atoms with E-state index in [1.165, 1.54) is 6.20 Å². The number of amides is 1. The molecule has 0 unspecified atom stereocenters. The average Bonchev–Trinajstić information content (AvgIpc) is 3.49. The number of nitrogens with two attached hydrogens (primary N) is 1. The van der Waals surface area contributed by atoms with Crippen molar-refractivity contribution in [3.63, 3.8) is 0 Å². The molecule has 3 heterocycles. The molecule has 0 bridgehead atoms. The number of aromatic nitrogens is 1. The van der Waals surface area contributed by atoms with Crippen molar-refractivity contribution in [1.29, 1.82) is 0 Å². The van der Waals surface area contributed by atoms with Crippen LogP contribution in [0.1, 0.15) is 44.1 Å². The second-order valence-corrected chi connectivity index (χ2v) is 9.73. The molecule has 1 saturated heterocycles. The maximum atomic E-state index is 12.9. The molecule has 0 atom stereocenters. The van der Waals surface area contributed by atoms with Gasteiger partial charge in [-0.25, -0.2) is 9.98 Å². The van der Waals surface area contributed by atoms with Crippen molar-refractivity contribution in [2.45, 2.75) is 57.2 Å². The molecular weight excluding hydrogens is 442 g/mol. The molecule has 2 fully saturated rings. The second kappa shape index (κ2) is 11.0. The number of hydrogen-bond acceptors (Lipinski definition) is 7. The predicted octanol–water partition coefficient (Wildman–Crippen LogP) is 2.39. The Morgan fingerprint density at radius 3 is 2.60 bits per heavy atom. The highest BCUT2D eigenvalue weighted by atomic mass is 16.3. The number of hydrogen-bond donors (Lipinski definition) is 3. The van der Waals surface area contributed by atoms with E-state index in [0.29, 0.717) is 28.7 Å². The number of amidine groups is 1. The maximum Gasteiger partial charge on any atom is 0.270 e. The van der Waals surface area contributed by atoms with Crippen LogP contribution in [0.25, 0.3) is 0 Å². The molecule has 1 aromatic rings. The molecule has 9 nitrogen and oxygen atoms in total. The fourth-order valence-corrected chi connectivity index (χ4v) is 4.93. The van der Waals surface area contributed by atoms with Crippen molar-refractivity contribution >= 4 is 17.6 Å². The van der Waals surface area contributed by atoms with Crippen LogP contribution in [-0.2, 0) is 11.3 Å². The summed E-state index contributed by atoms with van der Waals surface area (Å²) in [4.78, 5) is 28.2. The summed E-state index contributed by atoms with van der Waals surface area (Å²) in [6.07, 6.45) is 10.9. The van der Waals surface area contributed by atoms with Crippen molar-refractivity contribution in [1.82, 2.24) is 19.7 Å². The van der Waals surface area contributed by atoms with Gasteiger partial charge in [-0.15, -0.1) is 0 Å². The van der Waals surface area contributed by atoms with E-state index in [2.05, 4.69) is 21.8 Å². The minimum atomic E-state index is -0.171. The molecule has 35 heavy (non-hydrogen) atoms. The Hall–Kier alpha value is -3.17. The van der Waals surface area contributed by atoms with Crippen LogP contribution in [0.15, 0.2) is 59.3 Å². The topological polar surface area (TPSA) is 110 Å². The number of nitrogens with zero attached hydrogens (tertiary/aromatic N) is 5. The Kier molecular flexibility index (Phi) is 7.87. The number of carbonyl (C=O) groups is 1. The van der Waals surface area contributed by atoms with Gasteiger partial charge in [-0.2, -0.15) is 0 Å². The third-order valence-electron chi connectivity index (χ3n) is 6.83. The number of aliphatic hydroxyl groups is 1. The molecule has 4 rings (SSSR count). The SMILES string of the molecule is C=C(/N=C1\C(=C/N)C=C(C(=O)N(C)C)N1C1CCCC1)Nc1ccc(CN2CCC(O)CC2)cn1. The van der Waals surface area contributed by atoms with E-state index in [1.54, 1.807) is 19.0 Å². The summed E-state index contributed by atoms with van der Waals surface area (Å²) in [5, 5.41) is 12.9. The molecular formula is C26H37N7O2. The fraction of sp³-hybridized carbons (Fsp3) is 0.500. The lowest BCUT2D eigenvalue weighted by atomic mass is 10.1. The summed E-state index contributed by atoms with van der Waals surface area (Å²) in [5.74, 6) is 1.66. The molecule has 0 aromatic carbocycles. The van der Waals surface area contributed by atoms with Gasteiger partial charge >= 0.3 is 0 Å². The maximum absolute atomic E-state index is 12.9. The van der Waals surface area contributed by atoms with Gasteiger partial charge in [0.05, 0.1) is 6.10 Å². The Balaban J connectivity index is 1.46. The molecule has 4 N–H and O–H groups in total. The predicted molar refractivity (Wildman–Crippen MR) is 138 cm³/mol. The van der Waals surface area contributed by atoms with Crippen LogP contribution in [0.3, 0.4) is 0 Å². The van der Waals surface area contributed by atoms with Gasteiger partial charge < -0.3 is 26.0 Å². The first-order valence-corrected chi connectivity index (χ1v) is 12.4. The largest absolute Gasteiger partial charge is 0.404 e. The van der Waals surface area contributed by atoms with Gasteiger partial charge in [0, 0.05) is 57.7 Å². The first kappa shape index (κ1) is 24.9. The Bertz CT molecular complexity index is 1010. The summed E-state index contributed by atoms with van der Waals surface area (Å²) in [6, 6.07) is 4.17. The molecule has 0 spiro atoms. The summed E-state index contributed by atoms with van der Waals surface area (Å²) in [6.45, 7) is 6.70. The number of aliphatic imine (C=N–C) groups is 1. The van der Waals surface area contributed by atoms with Gasteiger partial charge in [0.25, 0.3) is 5.91 Å². The number of nitrogens with one attached hydrogen (secondary N) is 1. The molecule has 3 aliphatic rings. The average molecular weight is 480 g/mol. The molecule has 1 aromatic heterocycles. The van der Waals surface area contributed by atoms with Gasteiger partial charge in [0.15, 0.2) is 0 Å². The smallest absolute Gasteiger partial charge is 0.270 e. The molecule has 1 aliphatic carbocycles. The highest BCUT2D eigenvalue weighted by molar-refractivity contribution is 6.12. The lowest BCUT2D eigenvalue weighted by molar-refractivity contribution is -0.126. The van der Waals surface area contributed by atoms with E-state index < -0.39 is 0 Å². The lowest BCUT2D eigenvalue weighted by Crippen LogP contribution is -2.40. The number of carbonyl (C=O) groups excluding carboxylic acids is 1. The number of rotatable bonds is 7. The molecule has 9 heteroatoms. The number of anilines is 1. The van der Waals surface area contributed by atoms with E-state index in [0.717, 1.165) is 63.7 Å². The Morgan fingerprint density at radius 2 is 2.00 bits per heavy atom. The second-order valence-electron chi connectivity index (χ2n) is 9.73. The number of likely N-dealkylation sites (N-methyl/N-ethyl adjacent to an activating group) is 1. The number of pyridine rings is 1. The zero-order valence-corrected chi connectivity index (χ0v) is 20.8. The van der Waals surface area contributed by atoms with E-state index in [9.17, 15) is 9.90 Å². The van der Waals surface area contributed by atoms with Crippen molar-refractivity contribution in [2.75, 3.05) is 32.5 Å². The summed E-state index contributed by atoms with van der Waals surface area (Å²) in [5.41, 5.74) is 8.36. The first-order chi connectivity index (χ1) is 16.9. The van der Waals surface area contributed by atoms with E-state index in [1.807, 2.05) is 29.3 Å². The number of piperidine rings is 1. The van der Waals surface area contributed by atoms with Gasteiger partial charge in [-0.3, -0.25) is 9.69 Å². The minimum Gasteiger partial charge on any atom is -0.404 e. The quantitative estimate of drug-likeness (QED) is 0.551. The summed E-state index contributed by atoms with van der Waals surface area (Å²) < 4.78 is 0. The molecule has 1 saturated carbocycles. The Labute approximate surface area is 207 Å². The van der Waals surface area contributed by atoms with E-state index in [-0.39, 0.29) is 18.1 Å². The first-order valence-electron chi connectivity index (χ1n) is 12.4. The zero-order chi connectivity index (χ0) is 24.9. The monoisotopic (exact) mass is 479 g/mol. The third-order valence-corrected chi connectivity index (χ3v) is 6.83. The highest BCUT2D eigenvalue weighted by Crippen LogP contribution is 2.34. The molecule has 188 valence electrons. The van der Waals surface area contributed by atoms with Crippen LogP contribution in [0, 0.1) is 0 Å². The van der Waals surface area contributed by atoms with Gasteiger partial charge in [0.1, 0.15) is 23.2 Å². The van der Waals surface area contributed by atoms with Crippen LogP contribution in [0.5, 0.6) is 0 Å². The summed E-state index contributed by atoms with van der Waals surface area (Å²) >= 11 is 0. The van der Waals surface area contributed by atoms with Crippen LogP contribution in [0.2, 0.25) is 0 Å². The molecule has 0 radical (unpaired) electrons. The van der Waals surface area contributed by atoms with Crippen LogP contribution >= 0.6 is 0 Å². The van der Waals surface area contributed by atoms with Crippen molar-refractivity contribution in [3.8, 4) is 0 Å². The van der Waals surface area contributed by atoms with Crippen LogP contribution < -0.4 is 11.1 Å². The van der Waals surface area contributed by atoms with Crippen molar-refractivity contribution in [3.05, 3.63) is 59.8 Å². The van der Waals surface area contributed by atoms with Gasteiger partial charge in [0.2, 0.25) is 0 Å². The fourth-order valence-electron chi connectivity index (χ4n) is 4.93. The van der Waals surface area contributed by atoms with Gasteiger partial charge in [-0.05, 0) is 43.4 Å². The van der Waals surface area contributed by atoms with Gasteiger partial charge in [-0.1, -0.05) is 25.5 Å². The Morgan fingerprint density at radius 1 is 1.29 bits per heavy atom. The zero-order valence-electron chi connectivity index (χ0n) is 20.8. The van der Waals surface area contributed by atoms with Crippen molar-refractivity contribution in [2.24, 2.45) is 10.7 Å². The van der Waals surface area contributed by atoms with Crippen LogP contribution in [0.4, 0.5) is 5.82 Å². The molecule has 2 aliphatic heterocycles. The lowest BCUT2D eigenvalue weighted by Gasteiger charge is -2.30. The minimum absolute atomic E-state index is 0.0690. The number of likely N-dealkylation sites (tertiary alicyclic amines) is 1. The number of aliphatic hydroxyl groups excluding tert-OH is 1. The van der Waals surface area contributed by atoms with Crippen molar-refractivity contribution < 1.29 is 9.90 Å². The summed E-state index contributed by atoms with van der Waals surface area (Å²) in [7, 11) is 3.50. The van der Waals surface area contributed by atoms with E-state index in [4.69, 9.17) is 10.7 Å². The normalized spacial score (nSPS) is 22.1. The highest BCUT2D eigenvalue weighted by Gasteiger charge is 2.37. The van der Waals surface area contributed by atoms with Crippen LogP contribution in [-0.4, -0.2) is 75.9 Å². The standard InChI is InChI=1S/C26H37N7O2/c1-18(29-24-9-8-19(16-28-24)17-32-12-10-22(34)11-13-32)30-25-20(15-27)14-23(26(35)31(2)3)33(25)21-6-4-5-7-21/h8-9,14-16,21-22,34H,1,4-7,10-13,17,27H2,2-3H3,(H,28,29)/b20-15-,30-25+. The molecule has 1 amide bonds.